The number of benzene rings is 3. The summed E-state index contributed by atoms with van der Waals surface area (Å²) >= 11 is 0. The van der Waals surface area contributed by atoms with Gasteiger partial charge in [0, 0.05) is 11.6 Å². The second-order valence-electron chi connectivity index (χ2n) is 6.20. The van der Waals surface area contributed by atoms with Crippen LogP contribution in [-0.2, 0) is 6.16 Å². The quantitative estimate of drug-likeness (QED) is 0.581. The highest BCUT2D eigenvalue weighted by Crippen LogP contribution is 2.56. The zero-order chi connectivity index (χ0) is 17.2. The van der Waals surface area contributed by atoms with Crippen molar-refractivity contribution in [1.29, 1.82) is 0 Å². The first-order chi connectivity index (χ1) is 11.5. The molecule has 0 saturated carbocycles. The molecule has 0 radical (unpaired) electrons. The average molecular weight is 341 g/mol. The Kier molecular flexibility index (Phi) is 4.78. The molecule has 0 aromatic heterocycles. The Balaban J connectivity index is 2.14. The van der Waals surface area contributed by atoms with Crippen molar-refractivity contribution in [3.8, 4) is 0 Å². The SMILES string of the molecule is Cc1cc(F)cc(F)c1C[P+](C)(c1ccccc1)c1ccccc1. The van der Waals surface area contributed by atoms with Crippen molar-refractivity contribution < 1.29 is 8.78 Å². The predicted molar refractivity (Wildman–Crippen MR) is 99.8 cm³/mol. The molecular weight excluding hydrogens is 321 g/mol. The number of halogens is 2. The molecule has 0 nitrogen and oxygen atoms in total. The highest BCUT2D eigenvalue weighted by molar-refractivity contribution is 7.88. The van der Waals surface area contributed by atoms with Gasteiger partial charge in [-0.1, -0.05) is 36.4 Å². The highest BCUT2D eigenvalue weighted by atomic mass is 31.2. The Morgan fingerprint density at radius 3 is 1.75 bits per heavy atom. The van der Waals surface area contributed by atoms with Crippen molar-refractivity contribution in [2.45, 2.75) is 13.1 Å². The molecule has 0 aliphatic heterocycles. The van der Waals surface area contributed by atoms with E-state index in [1.807, 2.05) is 36.4 Å². The molecule has 0 amide bonds. The molecule has 0 atom stereocenters. The summed E-state index contributed by atoms with van der Waals surface area (Å²) in [5.74, 6) is -0.973. The summed E-state index contributed by atoms with van der Waals surface area (Å²) in [6.45, 7) is 4.00. The molecule has 0 aliphatic rings. The summed E-state index contributed by atoms with van der Waals surface area (Å²) in [6, 6.07) is 22.9. The van der Waals surface area contributed by atoms with E-state index in [-0.39, 0.29) is 0 Å². The minimum absolute atomic E-state index is 0.453. The van der Waals surface area contributed by atoms with Crippen LogP contribution in [0.2, 0.25) is 0 Å². The van der Waals surface area contributed by atoms with Crippen LogP contribution >= 0.6 is 7.26 Å². The van der Waals surface area contributed by atoms with E-state index in [4.69, 9.17) is 0 Å². The van der Waals surface area contributed by atoms with E-state index in [1.165, 1.54) is 16.7 Å². The Morgan fingerprint density at radius 1 is 0.792 bits per heavy atom. The van der Waals surface area contributed by atoms with Crippen LogP contribution in [0.25, 0.3) is 0 Å². The highest BCUT2D eigenvalue weighted by Gasteiger charge is 2.38. The predicted octanol–water partition coefficient (Wildman–Crippen LogP) is 5.07. The molecule has 0 bridgehead atoms. The first-order valence-electron chi connectivity index (χ1n) is 7.92. The molecule has 0 unspecified atom stereocenters. The maximum Gasteiger partial charge on any atom is 0.133 e. The van der Waals surface area contributed by atoms with Crippen molar-refractivity contribution >= 4 is 17.9 Å². The van der Waals surface area contributed by atoms with Crippen LogP contribution in [0.15, 0.2) is 72.8 Å². The first-order valence-corrected chi connectivity index (χ1v) is 10.3. The fourth-order valence-electron chi connectivity index (χ4n) is 3.09. The zero-order valence-corrected chi connectivity index (χ0v) is 14.7. The van der Waals surface area contributed by atoms with E-state index in [2.05, 4.69) is 30.9 Å². The summed E-state index contributed by atoms with van der Waals surface area (Å²) in [7, 11) is -1.83. The molecule has 0 heterocycles. The molecule has 0 fully saturated rings. The number of rotatable bonds is 4. The molecule has 3 rings (SSSR count). The summed E-state index contributed by atoms with van der Waals surface area (Å²) in [4.78, 5) is 0. The van der Waals surface area contributed by atoms with Crippen LogP contribution in [0, 0.1) is 18.6 Å². The van der Waals surface area contributed by atoms with E-state index in [9.17, 15) is 8.78 Å². The maximum atomic E-state index is 14.5. The van der Waals surface area contributed by atoms with Crippen LogP contribution < -0.4 is 10.6 Å². The topological polar surface area (TPSA) is 0 Å². The van der Waals surface area contributed by atoms with Gasteiger partial charge in [0.25, 0.3) is 0 Å². The Labute approximate surface area is 142 Å². The third-order valence-electron chi connectivity index (χ3n) is 4.51. The third-order valence-corrected chi connectivity index (χ3v) is 8.33. The second kappa shape index (κ2) is 6.83. The molecular formula is C21H20F2P+. The van der Waals surface area contributed by atoms with Crippen LogP contribution in [0.3, 0.4) is 0 Å². The molecule has 122 valence electrons. The minimum Gasteiger partial charge on any atom is -0.207 e. The smallest absolute Gasteiger partial charge is 0.133 e. The van der Waals surface area contributed by atoms with Crippen molar-refractivity contribution in [3.05, 3.63) is 95.6 Å². The van der Waals surface area contributed by atoms with Gasteiger partial charge >= 0.3 is 0 Å². The van der Waals surface area contributed by atoms with E-state index in [0.717, 1.165) is 6.07 Å². The van der Waals surface area contributed by atoms with Gasteiger partial charge in [0.05, 0.1) is 30.7 Å². The monoisotopic (exact) mass is 341 g/mol. The van der Waals surface area contributed by atoms with E-state index >= 15 is 0 Å². The third kappa shape index (κ3) is 3.25. The van der Waals surface area contributed by atoms with Gasteiger partial charge < -0.3 is 0 Å². The molecule has 3 heteroatoms. The van der Waals surface area contributed by atoms with Gasteiger partial charge in [-0.3, -0.25) is 0 Å². The largest absolute Gasteiger partial charge is 0.207 e. The second-order valence-corrected chi connectivity index (χ2v) is 9.94. The Hall–Kier alpha value is -2.05. The van der Waals surface area contributed by atoms with Gasteiger partial charge in [-0.2, -0.15) is 0 Å². The summed E-state index contributed by atoms with van der Waals surface area (Å²) in [6.07, 6.45) is 0.582. The molecule has 0 N–H and O–H groups in total. The van der Waals surface area contributed by atoms with Gasteiger partial charge in [-0.15, -0.1) is 0 Å². The first kappa shape index (κ1) is 16.8. The van der Waals surface area contributed by atoms with Gasteiger partial charge in [0.1, 0.15) is 11.6 Å². The summed E-state index contributed by atoms with van der Waals surface area (Å²) in [5.41, 5.74) is 1.28. The lowest BCUT2D eigenvalue weighted by atomic mass is 10.1. The number of hydrogen-bond donors (Lipinski definition) is 0. The number of hydrogen-bond acceptors (Lipinski definition) is 0. The fourth-order valence-corrected chi connectivity index (χ4v) is 6.45. The van der Waals surface area contributed by atoms with Gasteiger partial charge in [0.15, 0.2) is 0 Å². The average Bonchev–Trinajstić information content (AvgIpc) is 2.59. The van der Waals surface area contributed by atoms with Crippen molar-refractivity contribution in [2.75, 3.05) is 6.66 Å². The maximum absolute atomic E-state index is 14.5. The Bertz CT molecular complexity index is 766. The van der Waals surface area contributed by atoms with Gasteiger partial charge in [-0.25, -0.2) is 8.78 Å². The van der Waals surface area contributed by atoms with E-state index in [1.54, 1.807) is 6.92 Å². The molecule has 0 aliphatic carbocycles. The van der Waals surface area contributed by atoms with Gasteiger partial charge in [0.2, 0.25) is 0 Å². The normalized spacial score (nSPS) is 11.5. The lowest BCUT2D eigenvalue weighted by Crippen LogP contribution is -2.23. The number of aryl methyl sites for hydroxylation is 1. The summed E-state index contributed by atoms with van der Waals surface area (Å²) < 4.78 is 27.9. The van der Waals surface area contributed by atoms with Crippen molar-refractivity contribution in [3.63, 3.8) is 0 Å². The van der Waals surface area contributed by atoms with Gasteiger partial charge in [-0.05, 0) is 42.8 Å². The lowest BCUT2D eigenvalue weighted by molar-refractivity contribution is 0.574. The molecule has 0 spiro atoms. The lowest BCUT2D eigenvalue weighted by Gasteiger charge is -2.24. The van der Waals surface area contributed by atoms with E-state index in [0.29, 0.717) is 17.3 Å². The van der Waals surface area contributed by atoms with Crippen LogP contribution in [0.5, 0.6) is 0 Å². The van der Waals surface area contributed by atoms with Crippen LogP contribution in [0.4, 0.5) is 8.78 Å². The Morgan fingerprint density at radius 2 is 1.29 bits per heavy atom. The summed E-state index contributed by atoms with van der Waals surface area (Å²) in [5, 5.41) is 2.44. The molecule has 0 saturated heterocycles. The van der Waals surface area contributed by atoms with Crippen molar-refractivity contribution in [1.82, 2.24) is 0 Å². The standard InChI is InChI=1S/C21H20F2P/c1-16-13-17(22)14-21(23)20(16)15-24(2,18-9-5-3-6-10-18)19-11-7-4-8-12-19/h3-14H,15H2,1-2H3/q+1. The molecule has 3 aromatic carbocycles. The van der Waals surface area contributed by atoms with Crippen LogP contribution in [-0.4, -0.2) is 6.66 Å². The molecule has 24 heavy (non-hydrogen) atoms. The van der Waals surface area contributed by atoms with E-state index < -0.39 is 18.9 Å². The molecule has 3 aromatic rings. The minimum atomic E-state index is -1.83. The van der Waals surface area contributed by atoms with Crippen molar-refractivity contribution in [2.24, 2.45) is 0 Å². The zero-order valence-electron chi connectivity index (χ0n) is 13.8. The van der Waals surface area contributed by atoms with Crippen LogP contribution in [0.1, 0.15) is 11.1 Å². The fraction of sp³-hybridized carbons (Fsp3) is 0.143.